The molecule has 0 bridgehead atoms. The summed E-state index contributed by atoms with van der Waals surface area (Å²) in [7, 11) is 0. The second-order valence-corrected chi connectivity index (χ2v) is 7.48. The number of carbonyl (C=O) groups excluding carboxylic acids is 2. The summed E-state index contributed by atoms with van der Waals surface area (Å²) in [5.74, 6) is -1.28. The van der Waals surface area contributed by atoms with Crippen LogP contribution < -0.4 is 29.3 Å². The zero-order valence-electron chi connectivity index (χ0n) is 15.6. The number of hydrogen-bond donors (Lipinski definition) is 1. The topological polar surface area (TPSA) is 94.6 Å². The average Bonchev–Trinajstić information content (AvgIpc) is 2.77. The Hall–Kier alpha value is -1.55. The Labute approximate surface area is 160 Å². The summed E-state index contributed by atoms with van der Waals surface area (Å²) in [6.07, 6.45) is 1.84. The zero-order valence-corrected chi connectivity index (χ0v) is 15.6. The van der Waals surface area contributed by atoms with E-state index in [1.807, 2.05) is 27.7 Å². The number of ether oxygens (including phenoxy) is 1. The van der Waals surface area contributed by atoms with Crippen LogP contribution in [0.1, 0.15) is 50.2 Å². The molecule has 1 amide bonds. The summed E-state index contributed by atoms with van der Waals surface area (Å²) in [5, 5.41) is 13.8. The Kier molecular flexibility index (Phi) is 7.06. The minimum absolute atomic E-state index is 0. The first-order valence-electron chi connectivity index (χ1n) is 7.96. The molecule has 8 heteroatoms. The van der Waals surface area contributed by atoms with Gasteiger partial charge in [0.25, 0.3) is 0 Å². The number of carboxylic acids is 1. The number of carboxylic acid groups (broad SMARTS) is 1. The number of nitrogens with zero attached hydrogens (tertiary/aromatic N) is 2. The van der Waals surface area contributed by atoms with Crippen LogP contribution in [-0.4, -0.2) is 46.2 Å². The fraction of sp³-hybridized carbons (Fsp3) is 0.588. The summed E-state index contributed by atoms with van der Waals surface area (Å²) < 4.78 is 5.31. The van der Waals surface area contributed by atoms with Gasteiger partial charge < -0.3 is 20.0 Å². The number of pyridine rings is 1. The first-order valence-corrected chi connectivity index (χ1v) is 7.96. The molecule has 132 valence electrons. The average molecular weight is 341 g/mol. The molecule has 1 saturated heterocycles. The van der Waals surface area contributed by atoms with E-state index in [0.29, 0.717) is 13.1 Å². The van der Waals surface area contributed by atoms with Gasteiger partial charge in [-0.1, -0.05) is 0 Å². The van der Waals surface area contributed by atoms with Crippen molar-refractivity contribution in [2.75, 3.05) is 13.1 Å². The molecule has 0 unspecified atom stereocenters. The predicted molar refractivity (Wildman–Crippen MR) is 86.2 cm³/mol. The van der Waals surface area contributed by atoms with Crippen LogP contribution in [0.3, 0.4) is 0 Å². The Morgan fingerprint density at radius 1 is 1.44 bits per heavy atom. The fourth-order valence-corrected chi connectivity index (χ4v) is 2.79. The van der Waals surface area contributed by atoms with Crippen molar-refractivity contribution in [3.05, 3.63) is 29.6 Å². The molecule has 0 radical (unpaired) electrons. The van der Waals surface area contributed by atoms with Gasteiger partial charge in [-0.05, 0) is 51.8 Å². The number of likely N-dealkylation sites (tertiary alicyclic amines) is 1. The van der Waals surface area contributed by atoms with E-state index in [1.165, 1.54) is 12.3 Å². The van der Waals surface area contributed by atoms with Gasteiger partial charge in [-0.15, -0.1) is 0 Å². The molecule has 0 aromatic carbocycles. The summed E-state index contributed by atoms with van der Waals surface area (Å²) in [4.78, 5) is 28.8. The zero-order chi connectivity index (χ0) is 18.0. The number of nitrogens with one attached hydrogen (secondary N) is 1. The van der Waals surface area contributed by atoms with Crippen molar-refractivity contribution in [3.8, 4) is 0 Å². The van der Waals surface area contributed by atoms with Crippen molar-refractivity contribution in [1.82, 2.24) is 15.2 Å². The molecular formula is C17H24LiN3O4. The number of aromatic nitrogens is 1. The summed E-state index contributed by atoms with van der Waals surface area (Å²) in [5.41, 5.74) is -0.115. The van der Waals surface area contributed by atoms with Gasteiger partial charge in [-0.25, -0.2) is 4.79 Å². The maximum Gasteiger partial charge on any atom is 1.00 e. The molecule has 1 fully saturated rings. The van der Waals surface area contributed by atoms with Gasteiger partial charge in [0.1, 0.15) is 5.60 Å². The van der Waals surface area contributed by atoms with E-state index >= 15 is 0 Å². The molecule has 2 rings (SSSR count). The molecule has 1 N–H and O–H groups in total. The van der Waals surface area contributed by atoms with E-state index in [9.17, 15) is 14.7 Å². The number of alkyl carbamates (subject to hydrolysis) is 1. The van der Waals surface area contributed by atoms with E-state index in [2.05, 4.69) is 15.2 Å². The third-order valence-corrected chi connectivity index (χ3v) is 3.79. The van der Waals surface area contributed by atoms with Gasteiger partial charge >= 0.3 is 25.0 Å². The molecule has 0 aliphatic carbocycles. The maximum atomic E-state index is 12.0. The Morgan fingerprint density at radius 3 is 2.72 bits per heavy atom. The minimum Gasteiger partial charge on any atom is -0.543 e. The molecule has 1 atom stereocenters. The largest absolute Gasteiger partial charge is 1.00 e. The van der Waals surface area contributed by atoms with Gasteiger partial charge in [0.05, 0.1) is 17.2 Å². The SMILES string of the molecule is CC(C)(C)OC(=O)N[C@]1(C)CCN(Cc2ccnc(C(=O)[O-])c2)C1.[Li+]. The third-order valence-electron chi connectivity index (χ3n) is 3.79. The molecule has 1 aromatic rings. The van der Waals surface area contributed by atoms with E-state index in [4.69, 9.17) is 4.74 Å². The Balaban J connectivity index is 0.00000312. The van der Waals surface area contributed by atoms with Crippen molar-refractivity contribution in [3.63, 3.8) is 0 Å². The third kappa shape index (κ3) is 6.69. The molecule has 0 spiro atoms. The summed E-state index contributed by atoms with van der Waals surface area (Å²) in [6.45, 7) is 9.52. The standard InChI is InChI=1S/C17H25N3O4.Li/c1-16(2,3)24-15(23)19-17(4)6-8-20(11-17)10-12-5-7-18-13(9-12)14(21)22;/h5,7,9H,6,8,10-11H2,1-4H3,(H,19,23)(H,21,22);/q;+1/p-1/t17-;/m1./s1. The van der Waals surface area contributed by atoms with Crippen molar-refractivity contribution >= 4 is 12.1 Å². The monoisotopic (exact) mass is 341 g/mol. The number of amides is 1. The molecule has 25 heavy (non-hydrogen) atoms. The van der Waals surface area contributed by atoms with E-state index in [0.717, 1.165) is 18.5 Å². The van der Waals surface area contributed by atoms with Gasteiger partial charge in [-0.2, -0.15) is 0 Å². The summed E-state index contributed by atoms with van der Waals surface area (Å²) in [6, 6.07) is 3.30. The predicted octanol–water partition coefficient (Wildman–Crippen LogP) is -2.06. The number of hydrogen-bond acceptors (Lipinski definition) is 6. The van der Waals surface area contributed by atoms with Crippen LogP contribution in [0, 0.1) is 0 Å². The fourth-order valence-electron chi connectivity index (χ4n) is 2.79. The van der Waals surface area contributed by atoms with E-state index in [-0.39, 0.29) is 30.1 Å². The second-order valence-electron chi connectivity index (χ2n) is 7.48. The van der Waals surface area contributed by atoms with Crippen LogP contribution in [-0.2, 0) is 11.3 Å². The molecule has 7 nitrogen and oxygen atoms in total. The van der Waals surface area contributed by atoms with Crippen molar-refractivity contribution < 1.29 is 38.3 Å². The van der Waals surface area contributed by atoms with Crippen LogP contribution >= 0.6 is 0 Å². The smallest absolute Gasteiger partial charge is 0.543 e. The van der Waals surface area contributed by atoms with Crippen LogP contribution in [0.4, 0.5) is 4.79 Å². The molecule has 1 aliphatic heterocycles. The van der Waals surface area contributed by atoms with Crippen LogP contribution in [0.25, 0.3) is 0 Å². The molecule has 1 aromatic heterocycles. The maximum absolute atomic E-state index is 12.0. The first-order chi connectivity index (χ1) is 11.1. The minimum atomic E-state index is -1.28. The number of carbonyl (C=O) groups is 2. The van der Waals surface area contributed by atoms with E-state index in [1.54, 1.807) is 6.07 Å². The Morgan fingerprint density at radius 2 is 2.12 bits per heavy atom. The van der Waals surface area contributed by atoms with Crippen LogP contribution in [0.5, 0.6) is 0 Å². The molecular weight excluding hydrogens is 317 g/mol. The Bertz CT molecular complexity index is 633. The van der Waals surface area contributed by atoms with Gasteiger partial charge in [0, 0.05) is 25.8 Å². The molecule has 1 aliphatic rings. The van der Waals surface area contributed by atoms with Gasteiger partial charge in [0.2, 0.25) is 0 Å². The van der Waals surface area contributed by atoms with Crippen molar-refractivity contribution in [2.24, 2.45) is 0 Å². The van der Waals surface area contributed by atoms with Crippen LogP contribution in [0.15, 0.2) is 18.3 Å². The van der Waals surface area contributed by atoms with E-state index < -0.39 is 17.7 Å². The quantitative estimate of drug-likeness (QED) is 0.633. The second kappa shape index (κ2) is 8.22. The number of rotatable bonds is 4. The molecule has 0 saturated carbocycles. The summed E-state index contributed by atoms with van der Waals surface area (Å²) >= 11 is 0. The molecule has 2 heterocycles. The van der Waals surface area contributed by atoms with Crippen molar-refractivity contribution in [1.29, 1.82) is 0 Å². The van der Waals surface area contributed by atoms with Gasteiger partial charge in [0.15, 0.2) is 0 Å². The normalized spacial score (nSPS) is 20.6. The number of aromatic carboxylic acids is 1. The van der Waals surface area contributed by atoms with Gasteiger partial charge in [-0.3, -0.25) is 9.88 Å². The van der Waals surface area contributed by atoms with Crippen LogP contribution in [0.2, 0.25) is 0 Å². The van der Waals surface area contributed by atoms with Crippen molar-refractivity contribution in [2.45, 2.75) is 51.8 Å². The first kappa shape index (κ1) is 21.5.